The van der Waals surface area contributed by atoms with E-state index in [1.54, 1.807) is 48.7 Å². The maximum Gasteiger partial charge on any atom is 0.258 e. The van der Waals surface area contributed by atoms with Crippen LogP contribution < -0.4 is 5.32 Å². The monoisotopic (exact) mass is 384 g/mol. The van der Waals surface area contributed by atoms with Crippen molar-refractivity contribution in [2.75, 3.05) is 5.32 Å². The van der Waals surface area contributed by atoms with Crippen molar-refractivity contribution in [2.24, 2.45) is 0 Å². The minimum atomic E-state index is -0.379. The van der Waals surface area contributed by atoms with Crippen molar-refractivity contribution in [2.45, 2.75) is 0 Å². The maximum atomic E-state index is 12.4. The molecule has 4 aromatic rings. The first-order chi connectivity index (χ1) is 12.6. The zero-order valence-corrected chi connectivity index (χ0v) is 14.6. The van der Waals surface area contributed by atoms with E-state index in [2.05, 4.69) is 20.3 Å². The molecule has 26 heavy (non-hydrogen) atoms. The van der Waals surface area contributed by atoms with Crippen LogP contribution in [0, 0.1) is 0 Å². The molecule has 0 atom stereocenters. The van der Waals surface area contributed by atoms with Crippen LogP contribution in [0.15, 0.2) is 59.3 Å². The Morgan fingerprint density at radius 2 is 1.85 bits per heavy atom. The van der Waals surface area contributed by atoms with E-state index in [0.29, 0.717) is 33.4 Å². The molecule has 1 aromatic carbocycles. The van der Waals surface area contributed by atoms with Crippen LogP contribution in [-0.4, -0.2) is 20.9 Å². The Morgan fingerprint density at radius 3 is 2.65 bits per heavy atom. The number of rotatable bonds is 3. The van der Waals surface area contributed by atoms with Gasteiger partial charge in [-0.1, -0.05) is 23.2 Å². The number of pyridine rings is 2. The van der Waals surface area contributed by atoms with Crippen LogP contribution in [0.3, 0.4) is 0 Å². The molecule has 8 heteroatoms. The molecule has 0 saturated carbocycles. The molecule has 4 rings (SSSR count). The van der Waals surface area contributed by atoms with Crippen molar-refractivity contribution >= 4 is 46.0 Å². The lowest BCUT2D eigenvalue weighted by Gasteiger charge is -2.08. The third-order valence-corrected chi connectivity index (χ3v) is 4.25. The summed E-state index contributed by atoms with van der Waals surface area (Å²) in [5, 5.41) is 3.33. The van der Waals surface area contributed by atoms with Crippen molar-refractivity contribution < 1.29 is 9.21 Å². The van der Waals surface area contributed by atoms with Crippen LogP contribution in [0.1, 0.15) is 10.4 Å². The number of nitrogens with zero attached hydrogens (tertiary/aromatic N) is 3. The summed E-state index contributed by atoms with van der Waals surface area (Å²) < 4.78 is 5.70. The normalized spacial score (nSPS) is 10.8. The Labute approximate surface area is 157 Å². The van der Waals surface area contributed by atoms with E-state index in [4.69, 9.17) is 27.6 Å². The fraction of sp³-hybridized carbons (Fsp3) is 0. The van der Waals surface area contributed by atoms with Crippen LogP contribution in [0.25, 0.3) is 22.7 Å². The first kappa shape index (κ1) is 16.5. The number of oxazole rings is 1. The molecule has 0 radical (unpaired) electrons. The zero-order valence-electron chi connectivity index (χ0n) is 13.1. The van der Waals surface area contributed by atoms with E-state index >= 15 is 0 Å². The van der Waals surface area contributed by atoms with Crippen LogP contribution >= 0.6 is 23.2 Å². The molecule has 0 spiro atoms. The van der Waals surface area contributed by atoms with Gasteiger partial charge in [0.15, 0.2) is 11.2 Å². The molecule has 0 bridgehead atoms. The number of hydrogen-bond donors (Lipinski definition) is 1. The van der Waals surface area contributed by atoms with Gasteiger partial charge in [0.05, 0.1) is 16.1 Å². The molecule has 0 aliphatic heterocycles. The van der Waals surface area contributed by atoms with Gasteiger partial charge in [-0.2, -0.15) is 4.98 Å². The Balaban J connectivity index is 1.68. The zero-order chi connectivity index (χ0) is 18.1. The van der Waals surface area contributed by atoms with Crippen molar-refractivity contribution in [3.63, 3.8) is 0 Å². The number of halogens is 2. The number of fused-ring (bicyclic) bond motifs is 1. The molecule has 1 amide bonds. The van der Waals surface area contributed by atoms with Gasteiger partial charge < -0.3 is 9.73 Å². The van der Waals surface area contributed by atoms with E-state index in [-0.39, 0.29) is 16.6 Å². The maximum absolute atomic E-state index is 12.4. The average molecular weight is 385 g/mol. The predicted molar refractivity (Wildman–Crippen MR) is 99.5 cm³/mol. The minimum Gasteiger partial charge on any atom is -0.434 e. The first-order valence-electron chi connectivity index (χ1n) is 7.55. The van der Waals surface area contributed by atoms with Crippen molar-refractivity contribution in [1.82, 2.24) is 15.0 Å². The van der Waals surface area contributed by atoms with Gasteiger partial charge in [0.2, 0.25) is 5.89 Å². The Bertz CT molecular complexity index is 1090. The number of benzene rings is 1. The van der Waals surface area contributed by atoms with Gasteiger partial charge >= 0.3 is 0 Å². The number of carbonyl (C=O) groups excluding carboxylic acids is 1. The number of nitrogens with one attached hydrogen (secondary N) is 1. The molecular formula is C18H10Cl2N4O2. The number of hydrogen-bond acceptors (Lipinski definition) is 5. The second-order valence-electron chi connectivity index (χ2n) is 5.33. The molecule has 0 aliphatic rings. The fourth-order valence-corrected chi connectivity index (χ4v) is 2.81. The van der Waals surface area contributed by atoms with Crippen molar-refractivity contribution in [1.29, 1.82) is 0 Å². The molecule has 1 N–H and O–H groups in total. The Kier molecular flexibility index (Phi) is 4.28. The lowest BCUT2D eigenvalue weighted by molar-refractivity contribution is 0.102. The van der Waals surface area contributed by atoms with Crippen LogP contribution in [-0.2, 0) is 0 Å². The smallest absolute Gasteiger partial charge is 0.258 e. The molecule has 0 saturated heterocycles. The molecular weight excluding hydrogens is 375 g/mol. The summed E-state index contributed by atoms with van der Waals surface area (Å²) in [5.74, 6) is -0.0604. The molecule has 3 aromatic heterocycles. The molecule has 0 aliphatic carbocycles. The fourth-order valence-electron chi connectivity index (χ4n) is 2.40. The summed E-state index contributed by atoms with van der Waals surface area (Å²) >= 11 is 12.2. The van der Waals surface area contributed by atoms with Crippen LogP contribution in [0.2, 0.25) is 10.2 Å². The highest BCUT2D eigenvalue weighted by Gasteiger charge is 2.15. The summed E-state index contributed by atoms with van der Waals surface area (Å²) in [7, 11) is 0. The highest BCUT2D eigenvalue weighted by Crippen LogP contribution is 2.32. The number of aromatic nitrogens is 3. The molecule has 128 valence electrons. The van der Waals surface area contributed by atoms with Gasteiger partial charge in [0.25, 0.3) is 5.91 Å². The van der Waals surface area contributed by atoms with E-state index in [1.165, 1.54) is 6.20 Å². The van der Waals surface area contributed by atoms with Gasteiger partial charge in [-0.15, -0.1) is 0 Å². The van der Waals surface area contributed by atoms with Crippen molar-refractivity contribution in [3.05, 3.63) is 70.6 Å². The summed E-state index contributed by atoms with van der Waals surface area (Å²) in [6.07, 6.45) is 3.14. The van der Waals surface area contributed by atoms with Gasteiger partial charge in [0, 0.05) is 18.1 Å². The summed E-state index contributed by atoms with van der Waals surface area (Å²) in [5.41, 5.74) is 2.37. The summed E-state index contributed by atoms with van der Waals surface area (Å²) in [6, 6.07) is 11.8. The third kappa shape index (κ3) is 3.12. The van der Waals surface area contributed by atoms with E-state index in [0.717, 1.165) is 0 Å². The standard InChI is InChI=1S/C18H10Cl2N4O2/c19-13-6-5-10(23-17(25)11-3-1-7-21-15(11)20)9-12(13)18-24-16-14(26-18)4-2-8-22-16/h1-9H,(H,23,25). The molecule has 0 unspecified atom stereocenters. The average Bonchev–Trinajstić information content (AvgIpc) is 3.07. The highest BCUT2D eigenvalue weighted by molar-refractivity contribution is 6.34. The van der Waals surface area contributed by atoms with Crippen molar-refractivity contribution in [3.8, 4) is 11.5 Å². The summed E-state index contributed by atoms with van der Waals surface area (Å²) in [6.45, 7) is 0. The summed E-state index contributed by atoms with van der Waals surface area (Å²) in [4.78, 5) is 24.8. The van der Waals surface area contributed by atoms with Crippen LogP contribution in [0.5, 0.6) is 0 Å². The number of carbonyl (C=O) groups is 1. The minimum absolute atomic E-state index is 0.129. The first-order valence-corrected chi connectivity index (χ1v) is 8.31. The van der Waals surface area contributed by atoms with Gasteiger partial charge in [-0.3, -0.25) is 4.79 Å². The highest BCUT2D eigenvalue weighted by atomic mass is 35.5. The number of amides is 1. The third-order valence-electron chi connectivity index (χ3n) is 3.62. The van der Waals surface area contributed by atoms with Gasteiger partial charge in [-0.05, 0) is 42.5 Å². The quantitative estimate of drug-likeness (QED) is 0.510. The number of anilines is 1. The van der Waals surface area contributed by atoms with E-state index in [9.17, 15) is 4.79 Å². The van der Waals surface area contributed by atoms with Gasteiger partial charge in [0.1, 0.15) is 5.15 Å². The predicted octanol–water partition coefficient (Wildman–Crippen LogP) is 4.84. The van der Waals surface area contributed by atoms with E-state index in [1.807, 2.05) is 0 Å². The Hall–Kier alpha value is -2.96. The molecule has 0 fully saturated rings. The second kappa shape index (κ2) is 6.74. The van der Waals surface area contributed by atoms with E-state index < -0.39 is 0 Å². The topological polar surface area (TPSA) is 80.9 Å². The van der Waals surface area contributed by atoms with Gasteiger partial charge in [-0.25, -0.2) is 9.97 Å². The van der Waals surface area contributed by atoms with Crippen LogP contribution in [0.4, 0.5) is 5.69 Å². The SMILES string of the molecule is O=C(Nc1ccc(Cl)c(-c2nc3ncccc3o2)c1)c1cccnc1Cl. The lowest BCUT2D eigenvalue weighted by atomic mass is 10.2. The lowest BCUT2D eigenvalue weighted by Crippen LogP contribution is -2.12. The Morgan fingerprint density at radius 1 is 1.04 bits per heavy atom. The molecule has 6 nitrogen and oxygen atoms in total. The second-order valence-corrected chi connectivity index (χ2v) is 6.10. The molecule has 3 heterocycles. The largest absolute Gasteiger partial charge is 0.434 e.